The minimum absolute atomic E-state index is 0.0965. The van der Waals surface area contributed by atoms with Crippen molar-refractivity contribution in [3.63, 3.8) is 0 Å². The summed E-state index contributed by atoms with van der Waals surface area (Å²) >= 11 is 0. The Hall–Kier alpha value is -1.68. The summed E-state index contributed by atoms with van der Waals surface area (Å²) < 4.78 is 0. The minimum atomic E-state index is -0.0965. The molecule has 13 heavy (non-hydrogen) atoms. The third-order valence-corrected chi connectivity index (χ3v) is 1.82. The second-order valence-corrected chi connectivity index (χ2v) is 2.64. The van der Waals surface area contributed by atoms with Crippen LogP contribution in [0.2, 0.25) is 0 Å². The summed E-state index contributed by atoms with van der Waals surface area (Å²) in [4.78, 5) is 0. The van der Waals surface area contributed by atoms with Gasteiger partial charge in [-0.15, -0.1) is 0 Å². The van der Waals surface area contributed by atoms with Crippen LogP contribution in [0.15, 0.2) is 30.3 Å². The van der Waals surface area contributed by atoms with Gasteiger partial charge < -0.3 is 5.11 Å². The Morgan fingerprint density at radius 3 is 2.62 bits per heavy atom. The summed E-state index contributed by atoms with van der Waals surface area (Å²) in [6, 6.07) is 9.63. The molecule has 0 saturated heterocycles. The molecule has 0 aliphatic carbocycles. The van der Waals surface area contributed by atoms with Crippen LogP contribution in [0.1, 0.15) is 5.69 Å². The van der Waals surface area contributed by atoms with E-state index >= 15 is 0 Å². The summed E-state index contributed by atoms with van der Waals surface area (Å²) in [5, 5.41) is 19.2. The number of aromatic amines is 1. The van der Waals surface area contributed by atoms with E-state index < -0.39 is 0 Å². The highest BCUT2D eigenvalue weighted by atomic mass is 16.3. The number of H-pyrrole nitrogens is 1. The number of aromatic nitrogens is 3. The number of aliphatic hydroxyl groups excluding tert-OH is 1. The highest BCUT2D eigenvalue weighted by molar-refractivity contribution is 5.60. The van der Waals surface area contributed by atoms with Crippen molar-refractivity contribution >= 4 is 0 Å². The molecular weight excluding hydrogens is 166 g/mol. The predicted octanol–water partition coefficient (Wildman–Crippen LogP) is 0.964. The highest BCUT2D eigenvalue weighted by Crippen LogP contribution is 2.18. The maximum atomic E-state index is 8.95. The van der Waals surface area contributed by atoms with E-state index in [0.29, 0.717) is 11.4 Å². The van der Waals surface area contributed by atoms with Crippen LogP contribution >= 0.6 is 0 Å². The van der Waals surface area contributed by atoms with Gasteiger partial charge in [0.15, 0.2) is 0 Å². The van der Waals surface area contributed by atoms with Crippen LogP contribution in [-0.2, 0) is 6.61 Å². The molecule has 1 aromatic carbocycles. The maximum Gasteiger partial charge on any atom is 0.118 e. The van der Waals surface area contributed by atoms with E-state index in [1.807, 2.05) is 30.3 Å². The molecule has 66 valence electrons. The number of hydrogen-bond acceptors (Lipinski definition) is 3. The van der Waals surface area contributed by atoms with Crippen molar-refractivity contribution in [3.8, 4) is 11.3 Å². The van der Waals surface area contributed by atoms with Gasteiger partial charge in [0, 0.05) is 5.56 Å². The lowest BCUT2D eigenvalue weighted by atomic mass is 10.1. The molecule has 2 N–H and O–H groups in total. The molecule has 0 spiro atoms. The van der Waals surface area contributed by atoms with E-state index in [1.54, 1.807) is 0 Å². The van der Waals surface area contributed by atoms with Gasteiger partial charge in [0.25, 0.3) is 0 Å². The van der Waals surface area contributed by atoms with Gasteiger partial charge in [0.2, 0.25) is 0 Å². The summed E-state index contributed by atoms with van der Waals surface area (Å²) in [5.74, 6) is 0. The number of hydrogen-bond donors (Lipinski definition) is 2. The monoisotopic (exact) mass is 175 g/mol. The van der Waals surface area contributed by atoms with E-state index in [-0.39, 0.29) is 6.61 Å². The van der Waals surface area contributed by atoms with Crippen LogP contribution in [0.3, 0.4) is 0 Å². The largest absolute Gasteiger partial charge is 0.390 e. The molecule has 0 fully saturated rings. The van der Waals surface area contributed by atoms with Gasteiger partial charge in [0.1, 0.15) is 11.4 Å². The maximum absolute atomic E-state index is 8.95. The van der Waals surface area contributed by atoms with Gasteiger partial charge in [-0.2, -0.15) is 15.4 Å². The van der Waals surface area contributed by atoms with Crippen molar-refractivity contribution in [1.82, 2.24) is 15.4 Å². The van der Waals surface area contributed by atoms with Crippen molar-refractivity contribution in [2.24, 2.45) is 0 Å². The van der Waals surface area contributed by atoms with Crippen LogP contribution < -0.4 is 0 Å². The van der Waals surface area contributed by atoms with Gasteiger partial charge >= 0.3 is 0 Å². The molecule has 0 atom stereocenters. The smallest absolute Gasteiger partial charge is 0.118 e. The Bertz CT molecular complexity index is 383. The van der Waals surface area contributed by atoms with Crippen molar-refractivity contribution < 1.29 is 5.11 Å². The number of nitrogens with zero attached hydrogens (tertiary/aromatic N) is 2. The standard InChI is InChI=1S/C9H9N3O/c13-6-8-9(11-12-10-8)7-4-2-1-3-5-7/h1-5,13H,6H2,(H,10,11,12). The van der Waals surface area contributed by atoms with Gasteiger partial charge in [-0.3, -0.25) is 0 Å². The zero-order valence-corrected chi connectivity index (χ0v) is 6.94. The molecule has 1 heterocycles. The molecule has 4 heteroatoms. The molecular formula is C9H9N3O. The molecule has 2 rings (SSSR count). The van der Waals surface area contributed by atoms with E-state index in [4.69, 9.17) is 5.11 Å². The second kappa shape index (κ2) is 3.37. The zero-order valence-electron chi connectivity index (χ0n) is 6.94. The van der Waals surface area contributed by atoms with Crippen molar-refractivity contribution in [3.05, 3.63) is 36.0 Å². The molecule has 1 aromatic heterocycles. The lowest BCUT2D eigenvalue weighted by Gasteiger charge is -1.96. The molecule has 0 radical (unpaired) electrons. The molecule has 0 amide bonds. The fourth-order valence-corrected chi connectivity index (χ4v) is 1.19. The molecule has 0 unspecified atom stereocenters. The molecule has 0 aliphatic rings. The third-order valence-electron chi connectivity index (χ3n) is 1.82. The minimum Gasteiger partial charge on any atom is -0.390 e. The molecule has 0 bridgehead atoms. The Morgan fingerprint density at radius 1 is 1.15 bits per heavy atom. The average Bonchev–Trinajstić information content (AvgIpc) is 2.67. The normalized spacial score (nSPS) is 10.2. The van der Waals surface area contributed by atoms with Crippen molar-refractivity contribution in [2.45, 2.75) is 6.61 Å². The van der Waals surface area contributed by atoms with Crippen molar-refractivity contribution in [1.29, 1.82) is 0 Å². The van der Waals surface area contributed by atoms with E-state index in [0.717, 1.165) is 5.56 Å². The van der Waals surface area contributed by atoms with Gasteiger partial charge in [-0.1, -0.05) is 30.3 Å². The van der Waals surface area contributed by atoms with Gasteiger partial charge in [-0.05, 0) is 0 Å². The van der Waals surface area contributed by atoms with Gasteiger partial charge in [-0.25, -0.2) is 0 Å². The lowest BCUT2D eigenvalue weighted by Crippen LogP contribution is -1.87. The first-order valence-corrected chi connectivity index (χ1v) is 3.97. The van der Waals surface area contributed by atoms with Crippen LogP contribution in [0.25, 0.3) is 11.3 Å². The van der Waals surface area contributed by atoms with Crippen LogP contribution in [0.4, 0.5) is 0 Å². The topological polar surface area (TPSA) is 61.8 Å². The Kier molecular flexibility index (Phi) is 2.06. The van der Waals surface area contributed by atoms with Gasteiger partial charge in [0.05, 0.1) is 6.61 Å². The number of aliphatic hydroxyl groups is 1. The summed E-state index contributed by atoms with van der Waals surface area (Å²) in [6.45, 7) is -0.0965. The molecule has 4 nitrogen and oxygen atoms in total. The summed E-state index contributed by atoms with van der Waals surface area (Å²) in [5.41, 5.74) is 2.25. The second-order valence-electron chi connectivity index (χ2n) is 2.64. The SMILES string of the molecule is OCc1n[nH]nc1-c1ccccc1. The lowest BCUT2D eigenvalue weighted by molar-refractivity contribution is 0.277. The van der Waals surface area contributed by atoms with Crippen LogP contribution in [0, 0.1) is 0 Å². The Labute approximate surface area is 75.2 Å². The molecule has 0 saturated carbocycles. The fourth-order valence-electron chi connectivity index (χ4n) is 1.19. The van der Waals surface area contributed by atoms with E-state index in [9.17, 15) is 0 Å². The zero-order chi connectivity index (χ0) is 9.10. The van der Waals surface area contributed by atoms with E-state index in [1.165, 1.54) is 0 Å². The Morgan fingerprint density at radius 2 is 1.92 bits per heavy atom. The third kappa shape index (κ3) is 1.43. The number of rotatable bonds is 2. The average molecular weight is 175 g/mol. The molecule has 2 aromatic rings. The summed E-state index contributed by atoms with van der Waals surface area (Å²) in [6.07, 6.45) is 0. The quantitative estimate of drug-likeness (QED) is 0.714. The number of nitrogens with one attached hydrogen (secondary N) is 1. The van der Waals surface area contributed by atoms with Crippen molar-refractivity contribution in [2.75, 3.05) is 0 Å². The summed E-state index contributed by atoms with van der Waals surface area (Å²) in [7, 11) is 0. The van der Waals surface area contributed by atoms with Crippen LogP contribution in [0.5, 0.6) is 0 Å². The first-order chi connectivity index (χ1) is 6.42. The molecule has 0 aliphatic heterocycles. The predicted molar refractivity (Wildman–Crippen MR) is 47.7 cm³/mol. The fraction of sp³-hybridized carbons (Fsp3) is 0.111. The Balaban J connectivity index is 2.47. The first-order valence-electron chi connectivity index (χ1n) is 3.97. The number of benzene rings is 1. The van der Waals surface area contributed by atoms with E-state index in [2.05, 4.69) is 15.4 Å². The highest BCUT2D eigenvalue weighted by Gasteiger charge is 2.07. The first kappa shape index (κ1) is 7.94. The van der Waals surface area contributed by atoms with Crippen LogP contribution in [-0.4, -0.2) is 20.5 Å².